The number of aliphatic hydroxyl groups is 1. The number of aryl methyl sites for hydroxylation is 1. The van der Waals surface area contributed by atoms with Gasteiger partial charge in [0, 0.05) is 25.5 Å². The minimum Gasteiger partial charge on any atom is -0.385 e. The maximum Gasteiger partial charge on any atom is 0.125 e. The number of benzene rings is 1. The Morgan fingerprint density at radius 3 is 2.74 bits per heavy atom. The predicted octanol–water partition coefficient (Wildman–Crippen LogP) is 3.04. The van der Waals surface area contributed by atoms with Crippen LogP contribution in [0.1, 0.15) is 50.0 Å². The van der Waals surface area contributed by atoms with E-state index in [2.05, 4.69) is 17.2 Å². The van der Waals surface area contributed by atoms with Gasteiger partial charge in [-0.2, -0.15) is 0 Å². The van der Waals surface area contributed by atoms with Gasteiger partial charge in [0.15, 0.2) is 0 Å². The first-order chi connectivity index (χ1) is 11.0. The van der Waals surface area contributed by atoms with Gasteiger partial charge in [0.05, 0.1) is 11.6 Å². The average Bonchev–Trinajstić information content (AvgIpc) is 2.96. The third-order valence-corrected chi connectivity index (χ3v) is 4.91. The van der Waals surface area contributed by atoms with Gasteiger partial charge in [-0.3, -0.25) is 0 Å². The van der Waals surface area contributed by atoms with Gasteiger partial charge in [0.2, 0.25) is 0 Å². The van der Waals surface area contributed by atoms with Crippen molar-refractivity contribution >= 4 is 0 Å². The van der Waals surface area contributed by atoms with Gasteiger partial charge in [0.25, 0.3) is 0 Å². The first kappa shape index (κ1) is 16.1. The van der Waals surface area contributed by atoms with E-state index in [0.29, 0.717) is 24.4 Å². The van der Waals surface area contributed by atoms with Crippen LogP contribution in [0, 0.1) is 5.82 Å². The lowest BCUT2D eigenvalue weighted by atomic mass is 9.77. The topological polar surface area (TPSA) is 50.1 Å². The molecule has 0 saturated heterocycles. The molecule has 4 nitrogen and oxygen atoms in total. The number of nitrogens with zero attached hydrogens (tertiary/aromatic N) is 2. The fourth-order valence-corrected chi connectivity index (χ4v) is 3.55. The fraction of sp³-hybridized carbons (Fsp3) is 0.500. The molecule has 0 radical (unpaired) electrons. The van der Waals surface area contributed by atoms with Crippen molar-refractivity contribution in [2.75, 3.05) is 0 Å². The van der Waals surface area contributed by atoms with E-state index in [-0.39, 0.29) is 11.9 Å². The van der Waals surface area contributed by atoms with Crippen LogP contribution in [0.4, 0.5) is 4.39 Å². The van der Waals surface area contributed by atoms with E-state index in [1.807, 2.05) is 23.9 Å². The van der Waals surface area contributed by atoms with Crippen LogP contribution in [0.25, 0.3) is 0 Å². The molecule has 1 heterocycles. The van der Waals surface area contributed by atoms with E-state index in [0.717, 1.165) is 18.7 Å². The molecule has 1 atom stereocenters. The van der Waals surface area contributed by atoms with Gasteiger partial charge in [-0.1, -0.05) is 12.1 Å². The van der Waals surface area contributed by atoms with Gasteiger partial charge in [0.1, 0.15) is 11.6 Å². The summed E-state index contributed by atoms with van der Waals surface area (Å²) in [6.45, 7) is 2.11. The zero-order valence-electron chi connectivity index (χ0n) is 13.7. The second-order valence-corrected chi connectivity index (χ2v) is 6.60. The highest BCUT2D eigenvalue weighted by molar-refractivity contribution is 5.24. The number of rotatable bonds is 4. The van der Waals surface area contributed by atoms with Gasteiger partial charge in [-0.05, 0) is 50.3 Å². The smallest absolute Gasteiger partial charge is 0.125 e. The molecule has 124 valence electrons. The van der Waals surface area contributed by atoms with Gasteiger partial charge in [-0.25, -0.2) is 9.37 Å². The lowest BCUT2D eigenvalue weighted by Crippen LogP contribution is -2.41. The molecule has 0 spiro atoms. The van der Waals surface area contributed by atoms with Crippen molar-refractivity contribution in [2.24, 2.45) is 7.05 Å². The number of hydrogen-bond acceptors (Lipinski definition) is 3. The van der Waals surface area contributed by atoms with Crippen LogP contribution in [0.3, 0.4) is 0 Å². The van der Waals surface area contributed by atoms with Gasteiger partial charge in [-0.15, -0.1) is 0 Å². The van der Waals surface area contributed by atoms with Crippen molar-refractivity contribution in [3.05, 3.63) is 53.9 Å². The van der Waals surface area contributed by atoms with Gasteiger partial charge < -0.3 is 15.0 Å². The highest BCUT2D eigenvalue weighted by Crippen LogP contribution is 2.37. The van der Waals surface area contributed by atoms with Crippen molar-refractivity contribution in [1.82, 2.24) is 14.9 Å². The summed E-state index contributed by atoms with van der Waals surface area (Å²) in [4.78, 5) is 4.38. The van der Waals surface area contributed by atoms with Crippen LogP contribution in [-0.2, 0) is 12.6 Å². The van der Waals surface area contributed by atoms with E-state index < -0.39 is 5.60 Å². The molecule has 0 amide bonds. The standard InChI is InChI=1S/C18H24FN3O/c1-13(17-20-10-11-22(17)2)21-16-6-8-18(23,9-7-16)14-4-3-5-15(19)12-14/h3-5,10-13,16,21,23H,6-9H2,1-2H3. The largest absolute Gasteiger partial charge is 0.385 e. The molecule has 1 aliphatic rings. The number of hydrogen-bond donors (Lipinski definition) is 2. The second kappa shape index (κ2) is 6.42. The summed E-state index contributed by atoms with van der Waals surface area (Å²) in [6.07, 6.45) is 6.75. The first-order valence-electron chi connectivity index (χ1n) is 8.20. The van der Waals surface area contributed by atoms with Gasteiger partial charge >= 0.3 is 0 Å². The molecule has 23 heavy (non-hydrogen) atoms. The zero-order chi connectivity index (χ0) is 16.4. The second-order valence-electron chi connectivity index (χ2n) is 6.60. The first-order valence-corrected chi connectivity index (χ1v) is 8.20. The van der Waals surface area contributed by atoms with Crippen molar-refractivity contribution in [1.29, 1.82) is 0 Å². The summed E-state index contributed by atoms with van der Waals surface area (Å²) in [5.41, 5.74) is -0.222. The Balaban J connectivity index is 1.61. The molecule has 3 rings (SSSR count). The summed E-state index contributed by atoms with van der Waals surface area (Å²) in [7, 11) is 1.99. The minimum atomic E-state index is -0.910. The number of halogens is 1. The summed E-state index contributed by atoms with van der Waals surface area (Å²) in [6, 6.07) is 6.85. The molecule has 2 aromatic rings. The summed E-state index contributed by atoms with van der Waals surface area (Å²) in [5, 5.41) is 14.4. The van der Waals surface area contributed by atoms with E-state index in [1.54, 1.807) is 12.3 Å². The molecule has 1 aliphatic carbocycles. The average molecular weight is 317 g/mol. The van der Waals surface area contributed by atoms with E-state index in [1.165, 1.54) is 12.1 Å². The molecular weight excluding hydrogens is 293 g/mol. The van der Waals surface area contributed by atoms with Crippen LogP contribution in [-0.4, -0.2) is 20.7 Å². The van der Waals surface area contributed by atoms with Crippen LogP contribution >= 0.6 is 0 Å². The molecule has 1 saturated carbocycles. The number of nitrogens with one attached hydrogen (secondary N) is 1. The lowest BCUT2D eigenvalue weighted by molar-refractivity contribution is -0.00957. The number of aromatic nitrogens is 2. The summed E-state index contributed by atoms with van der Waals surface area (Å²) >= 11 is 0. The molecule has 1 fully saturated rings. The van der Waals surface area contributed by atoms with Crippen molar-refractivity contribution in [2.45, 2.75) is 50.3 Å². The predicted molar refractivity (Wildman–Crippen MR) is 87.3 cm³/mol. The molecule has 1 aromatic carbocycles. The number of imidazole rings is 1. The molecule has 0 aliphatic heterocycles. The Morgan fingerprint density at radius 1 is 1.39 bits per heavy atom. The van der Waals surface area contributed by atoms with Crippen molar-refractivity contribution in [3.63, 3.8) is 0 Å². The molecule has 1 unspecified atom stereocenters. The Bertz CT molecular complexity index is 662. The molecule has 1 aromatic heterocycles. The summed E-state index contributed by atoms with van der Waals surface area (Å²) < 4.78 is 15.4. The maximum absolute atomic E-state index is 13.4. The Morgan fingerprint density at radius 2 is 2.13 bits per heavy atom. The zero-order valence-corrected chi connectivity index (χ0v) is 13.7. The Kier molecular flexibility index (Phi) is 4.50. The van der Waals surface area contributed by atoms with Crippen LogP contribution < -0.4 is 5.32 Å². The highest BCUT2D eigenvalue weighted by Gasteiger charge is 2.35. The van der Waals surface area contributed by atoms with E-state index in [4.69, 9.17) is 0 Å². The van der Waals surface area contributed by atoms with Crippen LogP contribution in [0.5, 0.6) is 0 Å². The molecule has 2 N–H and O–H groups in total. The maximum atomic E-state index is 13.4. The minimum absolute atomic E-state index is 0.167. The van der Waals surface area contributed by atoms with Crippen molar-refractivity contribution < 1.29 is 9.50 Å². The van der Waals surface area contributed by atoms with Crippen molar-refractivity contribution in [3.8, 4) is 0 Å². The van der Waals surface area contributed by atoms with E-state index >= 15 is 0 Å². The lowest BCUT2D eigenvalue weighted by Gasteiger charge is -2.37. The summed E-state index contributed by atoms with van der Waals surface area (Å²) in [5.74, 6) is 0.718. The van der Waals surface area contributed by atoms with E-state index in [9.17, 15) is 9.50 Å². The monoisotopic (exact) mass is 317 g/mol. The quantitative estimate of drug-likeness (QED) is 0.911. The normalized spacial score (nSPS) is 26.2. The molecule has 5 heteroatoms. The highest BCUT2D eigenvalue weighted by atomic mass is 19.1. The van der Waals surface area contributed by atoms with Crippen LogP contribution in [0.15, 0.2) is 36.7 Å². The Labute approximate surface area is 136 Å². The SMILES string of the molecule is CC(NC1CCC(O)(c2cccc(F)c2)CC1)c1nccn1C. The third-order valence-electron chi connectivity index (χ3n) is 4.91. The fourth-order valence-electron chi connectivity index (χ4n) is 3.55. The van der Waals surface area contributed by atoms with Crippen LogP contribution in [0.2, 0.25) is 0 Å². The Hall–Kier alpha value is -1.72. The molecular formula is C18H24FN3O. The third kappa shape index (κ3) is 3.46. The molecule has 0 bridgehead atoms.